The van der Waals surface area contributed by atoms with Gasteiger partial charge in [-0.3, -0.25) is 9.78 Å². The molecule has 0 aliphatic heterocycles. The fraction of sp³-hybridized carbons (Fsp3) is 0.182. The molecule has 0 saturated carbocycles. The van der Waals surface area contributed by atoms with Crippen molar-refractivity contribution in [2.45, 2.75) is 20.3 Å². The van der Waals surface area contributed by atoms with Gasteiger partial charge in [0.25, 0.3) is 5.91 Å². The number of para-hydroxylation sites is 1. The van der Waals surface area contributed by atoms with Crippen LogP contribution in [0.3, 0.4) is 0 Å². The summed E-state index contributed by atoms with van der Waals surface area (Å²) >= 11 is 0. The number of benzene rings is 2. The molecule has 0 bridgehead atoms. The second-order valence-electron chi connectivity index (χ2n) is 6.35. The molecular weight excluding hydrogens is 322 g/mol. The Morgan fingerprint density at radius 3 is 2.42 bits per heavy atom. The van der Waals surface area contributed by atoms with Gasteiger partial charge in [-0.1, -0.05) is 48.5 Å². The first-order chi connectivity index (χ1) is 12.6. The van der Waals surface area contributed by atoms with Gasteiger partial charge in [-0.25, -0.2) is 0 Å². The highest BCUT2D eigenvalue weighted by molar-refractivity contribution is 6.05. The number of nitrogens with zero attached hydrogens (tertiary/aromatic N) is 1. The van der Waals surface area contributed by atoms with Crippen molar-refractivity contribution in [1.29, 1.82) is 0 Å². The van der Waals surface area contributed by atoms with Crippen LogP contribution in [0.1, 0.15) is 27.0 Å². The number of aryl methyl sites for hydroxylation is 2. The summed E-state index contributed by atoms with van der Waals surface area (Å²) in [5.41, 5.74) is 5.61. The third-order valence-corrected chi connectivity index (χ3v) is 4.31. The molecule has 0 radical (unpaired) electrons. The number of nitrogens with one attached hydrogen (secondary N) is 2. The van der Waals surface area contributed by atoms with Crippen LogP contribution in [0.15, 0.2) is 67.0 Å². The summed E-state index contributed by atoms with van der Waals surface area (Å²) < 4.78 is 0. The Morgan fingerprint density at radius 1 is 0.962 bits per heavy atom. The van der Waals surface area contributed by atoms with Crippen molar-refractivity contribution in [2.75, 3.05) is 17.2 Å². The van der Waals surface area contributed by atoms with Crippen LogP contribution in [-0.4, -0.2) is 17.4 Å². The number of hydrogen-bond donors (Lipinski definition) is 2. The topological polar surface area (TPSA) is 54.0 Å². The van der Waals surface area contributed by atoms with Gasteiger partial charge in [-0.05, 0) is 43.0 Å². The zero-order chi connectivity index (χ0) is 18.4. The first-order valence-electron chi connectivity index (χ1n) is 8.74. The Bertz CT molecular complexity index is 871. The third-order valence-electron chi connectivity index (χ3n) is 4.31. The van der Waals surface area contributed by atoms with Gasteiger partial charge in [0.1, 0.15) is 0 Å². The van der Waals surface area contributed by atoms with E-state index in [-0.39, 0.29) is 5.91 Å². The van der Waals surface area contributed by atoms with E-state index in [1.165, 1.54) is 5.56 Å². The van der Waals surface area contributed by atoms with Crippen molar-refractivity contribution in [2.24, 2.45) is 0 Å². The molecule has 0 aliphatic carbocycles. The van der Waals surface area contributed by atoms with Crippen LogP contribution >= 0.6 is 0 Å². The van der Waals surface area contributed by atoms with E-state index in [1.807, 2.05) is 56.3 Å². The summed E-state index contributed by atoms with van der Waals surface area (Å²) in [5, 5.41) is 6.33. The van der Waals surface area contributed by atoms with E-state index >= 15 is 0 Å². The Kier molecular flexibility index (Phi) is 5.64. The first-order valence-corrected chi connectivity index (χ1v) is 8.74. The summed E-state index contributed by atoms with van der Waals surface area (Å²) in [6.07, 6.45) is 4.24. The normalized spacial score (nSPS) is 10.4. The van der Waals surface area contributed by atoms with Crippen molar-refractivity contribution in [1.82, 2.24) is 4.98 Å². The SMILES string of the molecule is Cc1cccc(C)c1NC(=O)c1cncc(NCCc2ccccc2)c1. The van der Waals surface area contributed by atoms with E-state index in [1.54, 1.807) is 12.4 Å². The summed E-state index contributed by atoms with van der Waals surface area (Å²) in [5.74, 6) is -0.151. The van der Waals surface area contributed by atoms with Gasteiger partial charge in [-0.15, -0.1) is 0 Å². The van der Waals surface area contributed by atoms with Crippen LogP contribution in [0.4, 0.5) is 11.4 Å². The number of hydrogen-bond acceptors (Lipinski definition) is 3. The maximum atomic E-state index is 12.6. The molecule has 0 unspecified atom stereocenters. The quantitative estimate of drug-likeness (QED) is 0.686. The summed E-state index contributed by atoms with van der Waals surface area (Å²) in [6.45, 7) is 4.76. The van der Waals surface area contributed by atoms with Gasteiger partial charge in [0.05, 0.1) is 11.3 Å². The van der Waals surface area contributed by atoms with Crippen molar-refractivity contribution < 1.29 is 4.79 Å². The van der Waals surface area contributed by atoms with Crippen molar-refractivity contribution in [3.05, 3.63) is 89.2 Å². The zero-order valence-corrected chi connectivity index (χ0v) is 15.1. The lowest BCUT2D eigenvalue weighted by molar-refractivity contribution is 0.102. The Balaban J connectivity index is 1.64. The monoisotopic (exact) mass is 345 g/mol. The van der Waals surface area contributed by atoms with Gasteiger partial charge < -0.3 is 10.6 Å². The summed E-state index contributed by atoms with van der Waals surface area (Å²) in [4.78, 5) is 16.8. The molecule has 3 aromatic rings. The van der Waals surface area contributed by atoms with Crippen LogP contribution in [0.2, 0.25) is 0 Å². The Morgan fingerprint density at radius 2 is 1.69 bits per heavy atom. The number of aromatic nitrogens is 1. The average Bonchev–Trinajstić information content (AvgIpc) is 2.66. The minimum absolute atomic E-state index is 0.151. The molecule has 1 amide bonds. The molecule has 0 saturated heterocycles. The van der Waals surface area contributed by atoms with Gasteiger partial charge in [0, 0.05) is 24.6 Å². The number of anilines is 2. The molecule has 1 heterocycles. The van der Waals surface area contributed by atoms with E-state index in [2.05, 4.69) is 27.8 Å². The largest absolute Gasteiger partial charge is 0.383 e. The molecule has 2 N–H and O–H groups in total. The van der Waals surface area contributed by atoms with Crippen LogP contribution in [0.5, 0.6) is 0 Å². The highest BCUT2D eigenvalue weighted by Crippen LogP contribution is 2.20. The molecule has 4 heteroatoms. The van der Waals surface area contributed by atoms with Crippen LogP contribution in [0, 0.1) is 13.8 Å². The number of rotatable bonds is 6. The minimum atomic E-state index is -0.151. The number of carbonyl (C=O) groups excluding carboxylic acids is 1. The minimum Gasteiger partial charge on any atom is -0.383 e. The highest BCUT2D eigenvalue weighted by Gasteiger charge is 2.10. The highest BCUT2D eigenvalue weighted by atomic mass is 16.1. The van der Waals surface area contributed by atoms with Crippen LogP contribution in [0.25, 0.3) is 0 Å². The predicted octanol–water partition coefficient (Wildman–Crippen LogP) is 4.61. The van der Waals surface area contributed by atoms with E-state index < -0.39 is 0 Å². The Labute approximate surface area is 154 Å². The van der Waals surface area contributed by atoms with E-state index in [4.69, 9.17) is 0 Å². The van der Waals surface area contributed by atoms with E-state index in [9.17, 15) is 4.79 Å². The van der Waals surface area contributed by atoms with Gasteiger partial charge in [0.2, 0.25) is 0 Å². The van der Waals surface area contributed by atoms with E-state index in [0.717, 1.165) is 35.5 Å². The summed E-state index contributed by atoms with van der Waals surface area (Å²) in [6, 6.07) is 18.1. The van der Waals surface area contributed by atoms with Crippen molar-refractivity contribution in [3.8, 4) is 0 Å². The smallest absolute Gasteiger partial charge is 0.257 e. The fourth-order valence-electron chi connectivity index (χ4n) is 2.85. The molecule has 132 valence electrons. The molecule has 0 spiro atoms. The molecule has 1 aromatic heterocycles. The van der Waals surface area contributed by atoms with Crippen molar-refractivity contribution in [3.63, 3.8) is 0 Å². The lowest BCUT2D eigenvalue weighted by atomic mass is 10.1. The zero-order valence-electron chi connectivity index (χ0n) is 15.1. The molecule has 0 fully saturated rings. The number of pyridine rings is 1. The van der Waals surface area contributed by atoms with Crippen molar-refractivity contribution >= 4 is 17.3 Å². The van der Waals surface area contributed by atoms with Gasteiger partial charge >= 0.3 is 0 Å². The first kappa shape index (κ1) is 17.7. The molecule has 3 rings (SSSR count). The van der Waals surface area contributed by atoms with Gasteiger partial charge in [0.15, 0.2) is 0 Å². The molecule has 26 heavy (non-hydrogen) atoms. The van der Waals surface area contributed by atoms with Crippen LogP contribution < -0.4 is 10.6 Å². The molecule has 0 atom stereocenters. The maximum Gasteiger partial charge on any atom is 0.257 e. The molecule has 4 nitrogen and oxygen atoms in total. The molecule has 2 aromatic carbocycles. The lowest BCUT2D eigenvalue weighted by Crippen LogP contribution is -2.15. The molecular formula is C22H23N3O. The second kappa shape index (κ2) is 8.30. The fourth-order valence-corrected chi connectivity index (χ4v) is 2.85. The van der Waals surface area contributed by atoms with Gasteiger partial charge in [-0.2, -0.15) is 0 Å². The average molecular weight is 345 g/mol. The second-order valence-corrected chi connectivity index (χ2v) is 6.35. The standard InChI is InChI=1S/C22H23N3O/c1-16-7-6-8-17(2)21(16)25-22(26)19-13-20(15-23-14-19)24-12-11-18-9-4-3-5-10-18/h3-10,13-15,24H,11-12H2,1-2H3,(H,25,26). The number of amides is 1. The van der Waals surface area contributed by atoms with Crippen LogP contribution in [-0.2, 0) is 6.42 Å². The Hall–Kier alpha value is -3.14. The third kappa shape index (κ3) is 4.48. The number of carbonyl (C=O) groups is 1. The lowest BCUT2D eigenvalue weighted by Gasteiger charge is -2.12. The molecule has 0 aliphatic rings. The predicted molar refractivity (Wildman–Crippen MR) is 107 cm³/mol. The maximum absolute atomic E-state index is 12.6. The van der Waals surface area contributed by atoms with E-state index in [0.29, 0.717) is 5.56 Å². The summed E-state index contributed by atoms with van der Waals surface area (Å²) in [7, 11) is 0.